The zero-order valence-electron chi connectivity index (χ0n) is 18.8. The second kappa shape index (κ2) is 8.91. The van der Waals surface area contributed by atoms with Gasteiger partial charge < -0.3 is 15.4 Å². The first-order chi connectivity index (χ1) is 15.6. The summed E-state index contributed by atoms with van der Waals surface area (Å²) in [5.74, 6) is 1.00. The number of nitrogens with zero attached hydrogens (tertiary/aromatic N) is 2. The van der Waals surface area contributed by atoms with Crippen molar-refractivity contribution in [2.24, 2.45) is 5.92 Å². The van der Waals surface area contributed by atoms with Crippen molar-refractivity contribution < 1.29 is 9.53 Å². The molecule has 0 spiro atoms. The molecule has 2 heterocycles. The Labute approximate surface area is 189 Å². The number of ketones is 1. The van der Waals surface area contributed by atoms with E-state index in [1.54, 1.807) is 0 Å². The van der Waals surface area contributed by atoms with Crippen molar-refractivity contribution in [3.05, 3.63) is 53.6 Å². The average molecular weight is 430 g/mol. The normalized spacial score (nSPS) is 17.6. The maximum absolute atomic E-state index is 13.5. The van der Waals surface area contributed by atoms with Gasteiger partial charge in [0.25, 0.3) is 0 Å². The Morgan fingerprint density at radius 2 is 1.84 bits per heavy atom. The van der Waals surface area contributed by atoms with E-state index in [9.17, 15) is 4.79 Å². The minimum Gasteiger partial charge on any atom is -0.382 e. The maximum atomic E-state index is 13.5. The van der Waals surface area contributed by atoms with Gasteiger partial charge in [0.1, 0.15) is 5.82 Å². The summed E-state index contributed by atoms with van der Waals surface area (Å²) < 4.78 is 5.49. The van der Waals surface area contributed by atoms with Crippen LogP contribution in [0, 0.1) is 12.8 Å². The first kappa shape index (κ1) is 21.0. The summed E-state index contributed by atoms with van der Waals surface area (Å²) in [4.78, 5) is 20.4. The number of hydrogen-bond acceptors (Lipinski definition) is 5. The van der Waals surface area contributed by atoms with E-state index in [1.165, 1.54) is 6.42 Å². The zero-order chi connectivity index (χ0) is 22.1. The molecule has 32 heavy (non-hydrogen) atoms. The highest BCUT2D eigenvalue weighted by atomic mass is 16.5. The highest BCUT2D eigenvalue weighted by Gasteiger charge is 2.25. The van der Waals surface area contributed by atoms with Crippen LogP contribution >= 0.6 is 0 Å². The lowest BCUT2D eigenvalue weighted by Gasteiger charge is -2.29. The molecule has 1 aliphatic carbocycles. The van der Waals surface area contributed by atoms with Crippen molar-refractivity contribution in [3.63, 3.8) is 0 Å². The Kier molecular flexibility index (Phi) is 5.83. The van der Waals surface area contributed by atoms with Crippen LogP contribution in [0.1, 0.15) is 48.0 Å². The number of carbonyl (C=O) groups excluding carboxylic acids is 1. The Morgan fingerprint density at radius 3 is 2.62 bits per heavy atom. The molecule has 1 aliphatic heterocycles. The Hall–Kier alpha value is -2.92. The minimum atomic E-state index is 0.152. The number of ether oxygens (including phenoxy) is 1. The number of aryl methyl sites for hydroxylation is 1. The van der Waals surface area contributed by atoms with E-state index >= 15 is 0 Å². The van der Waals surface area contributed by atoms with Crippen molar-refractivity contribution in [2.45, 2.75) is 39.0 Å². The van der Waals surface area contributed by atoms with Gasteiger partial charge in [-0.3, -0.25) is 4.79 Å². The summed E-state index contributed by atoms with van der Waals surface area (Å²) in [6.07, 6.45) is 5.58. The molecular formula is C27H31N3O2. The smallest absolute Gasteiger partial charge is 0.166 e. The number of benzene rings is 2. The van der Waals surface area contributed by atoms with Gasteiger partial charge in [0.15, 0.2) is 5.78 Å². The number of fused-ring (bicyclic) bond motifs is 1. The third kappa shape index (κ3) is 3.97. The molecule has 0 atom stereocenters. The van der Waals surface area contributed by atoms with Gasteiger partial charge in [0.05, 0.1) is 24.4 Å². The number of pyridine rings is 1. The molecule has 0 radical (unpaired) electrons. The highest BCUT2D eigenvalue weighted by Crippen LogP contribution is 2.35. The Balaban J connectivity index is 1.57. The molecular weight excluding hydrogens is 398 g/mol. The molecule has 5 rings (SSSR count). The van der Waals surface area contributed by atoms with Crippen LogP contribution < -0.4 is 10.6 Å². The second-order valence-corrected chi connectivity index (χ2v) is 9.10. The standard InChI is InChI=1S/C27H31N3O2/c1-18-6-5-9-22(26(31)19-7-3-2-4-8-19)25(18)20-10-11-23-21(16-20)17-24(27(28)29-23)30-12-14-32-15-13-30/h5-6,9-11,16-17,19H,2-4,7-8,12-15H2,1H3,(H2,28,29). The SMILES string of the molecule is Cc1cccc(C(=O)C2CCCCC2)c1-c1ccc2nc(N)c(N3CCOCC3)cc2c1. The van der Waals surface area contributed by atoms with Gasteiger partial charge >= 0.3 is 0 Å². The van der Waals surface area contributed by atoms with E-state index < -0.39 is 0 Å². The summed E-state index contributed by atoms with van der Waals surface area (Å²) in [6, 6.07) is 14.5. The lowest BCUT2D eigenvalue weighted by Crippen LogP contribution is -2.36. The predicted octanol–water partition coefficient (Wildman–Crippen LogP) is 5.39. The minimum absolute atomic E-state index is 0.152. The first-order valence-corrected chi connectivity index (χ1v) is 11.8. The van der Waals surface area contributed by atoms with E-state index in [-0.39, 0.29) is 5.92 Å². The lowest BCUT2D eigenvalue weighted by molar-refractivity contribution is 0.0890. The summed E-state index contributed by atoms with van der Waals surface area (Å²) in [7, 11) is 0. The number of Topliss-reactive ketones (excluding diaryl/α,β-unsaturated/α-hetero) is 1. The third-order valence-corrected chi connectivity index (χ3v) is 6.98. The number of morpholine rings is 1. The summed E-state index contributed by atoms with van der Waals surface area (Å²) in [5.41, 5.74) is 12.2. The van der Waals surface area contributed by atoms with Gasteiger partial charge in [-0.1, -0.05) is 43.5 Å². The monoisotopic (exact) mass is 429 g/mol. The number of carbonyl (C=O) groups is 1. The zero-order valence-corrected chi connectivity index (χ0v) is 18.8. The van der Waals surface area contributed by atoms with Gasteiger partial charge in [0, 0.05) is 30.0 Å². The molecule has 5 nitrogen and oxygen atoms in total. The molecule has 2 aromatic carbocycles. The van der Waals surface area contributed by atoms with Crippen molar-refractivity contribution in [2.75, 3.05) is 36.9 Å². The summed E-state index contributed by atoms with van der Waals surface area (Å²) >= 11 is 0. The molecule has 166 valence electrons. The van der Waals surface area contributed by atoms with Gasteiger partial charge in [-0.15, -0.1) is 0 Å². The van der Waals surface area contributed by atoms with Crippen LogP contribution in [0.4, 0.5) is 11.5 Å². The Bertz CT molecular complexity index is 1150. The molecule has 3 aromatic rings. The van der Waals surface area contributed by atoms with E-state index in [0.717, 1.165) is 77.6 Å². The first-order valence-electron chi connectivity index (χ1n) is 11.8. The van der Waals surface area contributed by atoms with Crippen LogP contribution in [0.3, 0.4) is 0 Å². The van der Waals surface area contributed by atoms with Gasteiger partial charge in [-0.25, -0.2) is 4.98 Å². The number of nitrogens with two attached hydrogens (primary N) is 1. The van der Waals surface area contributed by atoms with Crippen LogP contribution in [0.5, 0.6) is 0 Å². The molecule has 2 N–H and O–H groups in total. The van der Waals surface area contributed by atoms with E-state index in [2.05, 4.69) is 41.1 Å². The van der Waals surface area contributed by atoms with Crippen LogP contribution in [0.25, 0.3) is 22.0 Å². The van der Waals surface area contributed by atoms with Crippen molar-refractivity contribution in [3.8, 4) is 11.1 Å². The van der Waals surface area contributed by atoms with Crippen LogP contribution in [-0.4, -0.2) is 37.1 Å². The number of nitrogen functional groups attached to an aromatic ring is 1. The Morgan fingerprint density at radius 1 is 1.06 bits per heavy atom. The van der Waals surface area contributed by atoms with E-state index in [0.29, 0.717) is 24.8 Å². The molecule has 0 amide bonds. The van der Waals surface area contributed by atoms with Gasteiger partial charge in [0.2, 0.25) is 0 Å². The molecule has 2 fully saturated rings. The molecule has 5 heteroatoms. The number of aromatic nitrogens is 1. The third-order valence-electron chi connectivity index (χ3n) is 6.98. The summed E-state index contributed by atoms with van der Waals surface area (Å²) in [6.45, 7) is 5.13. The van der Waals surface area contributed by atoms with Gasteiger partial charge in [-0.2, -0.15) is 0 Å². The average Bonchev–Trinajstić information content (AvgIpc) is 2.84. The molecule has 0 bridgehead atoms. The second-order valence-electron chi connectivity index (χ2n) is 9.10. The number of rotatable bonds is 4. The maximum Gasteiger partial charge on any atom is 0.166 e. The molecule has 1 saturated carbocycles. The fourth-order valence-electron chi connectivity index (χ4n) is 5.23. The fraction of sp³-hybridized carbons (Fsp3) is 0.407. The largest absolute Gasteiger partial charge is 0.382 e. The topological polar surface area (TPSA) is 68.5 Å². The van der Waals surface area contributed by atoms with Crippen molar-refractivity contribution in [1.29, 1.82) is 0 Å². The number of anilines is 2. The van der Waals surface area contributed by atoms with Crippen LogP contribution in [0.15, 0.2) is 42.5 Å². The van der Waals surface area contributed by atoms with Gasteiger partial charge in [-0.05, 0) is 54.7 Å². The molecule has 2 aliphatic rings. The molecule has 0 unspecified atom stereocenters. The van der Waals surface area contributed by atoms with Crippen LogP contribution in [-0.2, 0) is 4.74 Å². The molecule has 1 saturated heterocycles. The number of hydrogen-bond donors (Lipinski definition) is 1. The van der Waals surface area contributed by atoms with Crippen LogP contribution in [0.2, 0.25) is 0 Å². The highest BCUT2D eigenvalue weighted by molar-refractivity contribution is 6.05. The van der Waals surface area contributed by atoms with E-state index in [4.69, 9.17) is 10.5 Å². The summed E-state index contributed by atoms with van der Waals surface area (Å²) in [5, 5.41) is 1.04. The molecule has 1 aromatic heterocycles. The predicted molar refractivity (Wildman–Crippen MR) is 130 cm³/mol. The van der Waals surface area contributed by atoms with Crippen molar-refractivity contribution >= 4 is 28.2 Å². The fourth-order valence-corrected chi connectivity index (χ4v) is 5.23. The lowest BCUT2D eigenvalue weighted by atomic mass is 9.81. The quantitative estimate of drug-likeness (QED) is 0.563. The van der Waals surface area contributed by atoms with E-state index in [1.807, 2.05) is 18.2 Å². The van der Waals surface area contributed by atoms with Crippen molar-refractivity contribution in [1.82, 2.24) is 4.98 Å².